The van der Waals surface area contributed by atoms with Crippen molar-refractivity contribution in [2.75, 3.05) is 26.3 Å². The van der Waals surface area contributed by atoms with E-state index in [-0.39, 0.29) is 46.8 Å². The van der Waals surface area contributed by atoms with Crippen LogP contribution in [0.25, 0.3) is 0 Å². The summed E-state index contributed by atoms with van der Waals surface area (Å²) in [5.74, 6) is -1.39. The Balaban J connectivity index is 1.64. The minimum atomic E-state index is -1.21. The minimum absolute atomic E-state index is 0.0272. The maximum Gasteiger partial charge on any atom is 0.339 e. The van der Waals surface area contributed by atoms with Crippen molar-refractivity contribution in [2.45, 2.75) is 39.4 Å². The van der Waals surface area contributed by atoms with E-state index in [2.05, 4.69) is 4.90 Å². The van der Waals surface area contributed by atoms with Crippen molar-refractivity contribution in [1.29, 1.82) is 0 Å². The summed E-state index contributed by atoms with van der Waals surface area (Å²) in [6, 6.07) is 9.09. The lowest BCUT2D eigenvalue weighted by Gasteiger charge is -2.44. The lowest BCUT2D eigenvalue weighted by atomic mass is 10.1. The number of hydrogen-bond donors (Lipinski definition) is 1. The van der Waals surface area contributed by atoms with E-state index < -0.39 is 5.97 Å². The van der Waals surface area contributed by atoms with E-state index in [0.29, 0.717) is 32.0 Å². The molecule has 0 radical (unpaired) electrons. The Labute approximate surface area is 197 Å². The molecule has 1 N–H and O–H groups in total. The summed E-state index contributed by atoms with van der Waals surface area (Å²) in [6.07, 6.45) is 0. The Morgan fingerprint density at radius 1 is 1.09 bits per heavy atom. The third-order valence-electron chi connectivity index (χ3n) is 5.65. The molecule has 0 saturated carbocycles. The van der Waals surface area contributed by atoms with Crippen molar-refractivity contribution in [3.63, 3.8) is 0 Å². The van der Waals surface area contributed by atoms with Crippen molar-refractivity contribution in [2.24, 2.45) is 0 Å². The largest absolute Gasteiger partial charge is 0.492 e. The second-order valence-corrected chi connectivity index (χ2v) is 8.51. The Morgan fingerprint density at radius 3 is 2.42 bits per heavy atom. The maximum absolute atomic E-state index is 13.2. The van der Waals surface area contributed by atoms with Crippen molar-refractivity contribution in [3.05, 3.63) is 58.4 Å². The van der Waals surface area contributed by atoms with Crippen LogP contribution in [-0.2, 0) is 11.3 Å². The minimum Gasteiger partial charge on any atom is -0.492 e. The summed E-state index contributed by atoms with van der Waals surface area (Å²) in [5, 5.41) is 9.63. The van der Waals surface area contributed by atoms with Gasteiger partial charge in [-0.1, -0.05) is 23.7 Å². The average Bonchev–Trinajstić information content (AvgIpc) is 2.77. The monoisotopic (exact) mass is 478 g/mol. The maximum atomic E-state index is 13.2. The molecule has 178 valence electrons. The van der Waals surface area contributed by atoms with Crippen LogP contribution in [0.4, 0.5) is 4.39 Å². The molecule has 2 aromatic carbocycles. The molecule has 1 heterocycles. The van der Waals surface area contributed by atoms with Gasteiger partial charge in [-0.3, -0.25) is 9.69 Å². The molecule has 0 aliphatic carbocycles. The molecule has 0 aromatic heterocycles. The van der Waals surface area contributed by atoms with Crippen molar-refractivity contribution in [1.82, 2.24) is 9.80 Å². The van der Waals surface area contributed by atoms with Crippen LogP contribution in [0.2, 0.25) is 5.02 Å². The lowest BCUT2D eigenvalue weighted by Crippen LogP contribution is -2.58. The van der Waals surface area contributed by atoms with Gasteiger partial charge in [0.15, 0.2) is 6.61 Å². The Bertz CT molecular complexity index is 1000. The van der Waals surface area contributed by atoms with Gasteiger partial charge >= 0.3 is 5.97 Å². The molecule has 0 bridgehead atoms. The molecular weight excluding hydrogens is 451 g/mol. The van der Waals surface area contributed by atoms with Gasteiger partial charge in [0.2, 0.25) is 0 Å². The second-order valence-electron chi connectivity index (χ2n) is 8.11. The molecule has 1 aliphatic heterocycles. The van der Waals surface area contributed by atoms with E-state index in [1.165, 1.54) is 24.3 Å². The number of aromatic carboxylic acids is 1. The van der Waals surface area contributed by atoms with E-state index in [1.54, 1.807) is 24.0 Å². The van der Waals surface area contributed by atoms with Crippen LogP contribution in [-0.4, -0.2) is 65.2 Å². The van der Waals surface area contributed by atoms with Crippen molar-refractivity contribution >= 4 is 23.5 Å². The molecule has 1 saturated heterocycles. The van der Waals surface area contributed by atoms with Crippen LogP contribution in [0.5, 0.6) is 11.5 Å². The van der Waals surface area contributed by atoms with Gasteiger partial charge in [-0.2, -0.15) is 0 Å². The first-order valence-electron chi connectivity index (χ1n) is 10.8. The van der Waals surface area contributed by atoms with E-state index in [0.717, 1.165) is 5.56 Å². The fraction of sp³-hybridized carbons (Fsp3) is 0.417. The molecule has 0 unspecified atom stereocenters. The highest BCUT2D eigenvalue weighted by molar-refractivity contribution is 6.32. The van der Waals surface area contributed by atoms with Gasteiger partial charge in [0.25, 0.3) is 5.91 Å². The summed E-state index contributed by atoms with van der Waals surface area (Å²) in [4.78, 5) is 28.5. The van der Waals surface area contributed by atoms with E-state index in [1.807, 2.05) is 13.8 Å². The van der Waals surface area contributed by atoms with Gasteiger partial charge in [0, 0.05) is 37.8 Å². The SMILES string of the molecule is CCOc1cc(OCC(=O)N2C[C@H](C)N(Cc3ccc(F)cc3)C[C@H]2C)c(C(=O)O)cc1Cl. The third kappa shape index (κ3) is 6.15. The van der Waals surface area contributed by atoms with Gasteiger partial charge in [-0.05, 0) is 44.5 Å². The van der Waals surface area contributed by atoms with E-state index in [9.17, 15) is 19.1 Å². The summed E-state index contributed by atoms with van der Waals surface area (Å²) >= 11 is 6.08. The highest BCUT2D eigenvalue weighted by Crippen LogP contribution is 2.33. The molecule has 2 atom stereocenters. The summed E-state index contributed by atoms with van der Waals surface area (Å²) in [7, 11) is 0. The summed E-state index contributed by atoms with van der Waals surface area (Å²) in [6.45, 7) is 7.64. The number of ether oxygens (including phenoxy) is 2. The molecule has 9 heteroatoms. The van der Waals surface area contributed by atoms with E-state index >= 15 is 0 Å². The van der Waals surface area contributed by atoms with Gasteiger partial charge in [-0.15, -0.1) is 0 Å². The Hall–Kier alpha value is -2.84. The highest BCUT2D eigenvalue weighted by atomic mass is 35.5. The number of carbonyl (C=O) groups excluding carboxylic acids is 1. The molecule has 1 amide bonds. The number of rotatable bonds is 8. The van der Waals surface area contributed by atoms with Crippen LogP contribution in [0.15, 0.2) is 36.4 Å². The van der Waals surface area contributed by atoms with Crippen LogP contribution in [0.1, 0.15) is 36.7 Å². The number of carboxylic acid groups (broad SMARTS) is 1. The lowest BCUT2D eigenvalue weighted by molar-refractivity contribution is -0.139. The Kier molecular flexibility index (Phi) is 8.15. The topological polar surface area (TPSA) is 79.3 Å². The zero-order chi connectivity index (χ0) is 24.1. The molecule has 1 aliphatic rings. The molecule has 7 nitrogen and oxygen atoms in total. The number of amides is 1. The van der Waals surface area contributed by atoms with Crippen LogP contribution < -0.4 is 9.47 Å². The molecule has 33 heavy (non-hydrogen) atoms. The Morgan fingerprint density at radius 2 is 1.79 bits per heavy atom. The quantitative estimate of drug-likeness (QED) is 0.616. The molecular formula is C24H28ClFN2O5. The number of piperazine rings is 1. The zero-order valence-corrected chi connectivity index (χ0v) is 19.6. The third-order valence-corrected chi connectivity index (χ3v) is 5.95. The van der Waals surface area contributed by atoms with Crippen molar-refractivity contribution < 1.29 is 28.6 Å². The first kappa shape index (κ1) is 24.8. The van der Waals surface area contributed by atoms with Gasteiger partial charge < -0.3 is 19.5 Å². The number of carboxylic acids is 1. The number of carbonyl (C=O) groups is 2. The van der Waals surface area contributed by atoms with Crippen LogP contribution >= 0.6 is 11.6 Å². The normalized spacial score (nSPS) is 18.8. The number of halogens is 2. The predicted octanol–water partition coefficient (Wildman–Crippen LogP) is 4.08. The van der Waals surface area contributed by atoms with Gasteiger partial charge in [0.05, 0.1) is 11.6 Å². The van der Waals surface area contributed by atoms with Crippen LogP contribution in [0.3, 0.4) is 0 Å². The fourth-order valence-electron chi connectivity index (χ4n) is 3.90. The highest BCUT2D eigenvalue weighted by Gasteiger charge is 2.32. The standard InChI is InChI=1S/C24H28ClFN2O5/c1-4-32-22-10-21(19(24(30)31)9-20(22)25)33-14-23(29)28-12-15(2)27(11-16(28)3)13-17-5-7-18(26)8-6-17/h5-10,15-16H,4,11-14H2,1-3H3,(H,30,31)/t15-,16+/m0/s1. The van der Waals surface area contributed by atoms with Crippen molar-refractivity contribution in [3.8, 4) is 11.5 Å². The molecule has 3 rings (SSSR count). The summed E-state index contributed by atoms with van der Waals surface area (Å²) in [5.41, 5.74) is 0.870. The first-order chi connectivity index (χ1) is 15.7. The molecule has 1 fully saturated rings. The predicted molar refractivity (Wildman–Crippen MR) is 123 cm³/mol. The smallest absolute Gasteiger partial charge is 0.339 e. The molecule has 0 spiro atoms. The number of nitrogens with zero attached hydrogens (tertiary/aromatic N) is 2. The van der Waals surface area contributed by atoms with E-state index in [4.69, 9.17) is 21.1 Å². The number of hydrogen-bond acceptors (Lipinski definition) is 5. The fourth-order valence-corrected chi connectivity index (χ4v) is 4.12. The molecule has 2 aromatic rings. The van der Waals surface area contributed by atoms with Gasteiger partial charge in [0.1, 0.15) is 22.9 Å². The van der Waals surface area contributed by atoms with Crippen LogP contribution in [0, 0.1) is 5.82 Å². The van der Waals surface area contributed by atoms with Gasteiger partial charge in [-0.25, -0.2) is 9.18 Å². The zero-order valence-electron chi connectivity index (χ0n) is 18.9. The second kappa shape index (κ2) is 10.9. The average molecular weight is 479 g/mol. The summed E-state index contributed by atoms with van der Waals surface area (Å²) < 4.78 is 24.2. The first-order valence-corrected chi connectivity index (χ1v) is 11.2. The number of benzene rings is 2.